The van der Waals surface area contributed by atoms with Gasteiger partial charge in [-0.3, -0.25) is 0 Å². The van der Waals surface area contributed by atoms with Crippen LogP contribution >= 0.6 is 11.8 Å². The number of likely N-dealkylation sites (tertiary alicyclic amines) is 1. The summed E-state index contributed by atoms with van der Waals surface area (Å²) in [4.78, 5) is 14.1. The molecule has 1 aliphatic rings. The van der Waals surface area contributed by atoms with E-state index in [1.54, 1.807) is 0 Å². The van der Waals surface area contributed by atoms with Crippen LogP contribution in [0.2, 0.25) is 0 Å². The van der Waals surface area contributed by atoms with E-state index in [9.17, 15) is 10.1 Å². The number of nitrogens with zero attached hydrogens (tertiary/aromatic N) is 2. The molecular weight excluding hydrogens is 280 g/mol. The summed E-state index contributed by atoms with van der Waals surface area (Å²) in [7, 11) is 0. The molecule has 0 spiro atoms. The number of aldehydes is 1. The maximum absolute atomic E-state index is 11.5. The summed E-state index contributed by atoms with van der Waals surface area (Å²) in [5, 5.41) is 9.20. The Morgan fingerprint density at radius 1 is 1.57 bits per heavy atom. The molecule has 0 N–H and O–H groups in total. The molecule has 1 saturated heterocycles. The molecule has 2 unspecified atom stereocenters. The number of hydrogen-bond acceptors (Lipinski definition) is 4. The Labute approximate surface area is 134 Å². The Bertz CT molecular complexity index is 391. The van der Waals surface area contributed by atoms with Gasteiger partial charge in [-0.15, -0.1) is 0 Å². The molecule has 4 heteroatoms. The summed E-state index contributed by atoms with van der Waals surface area (Å²) in [6, 6.07) is 2.37. The van der Waals surface area contributed by atoms with Crippen LogP contribution in [0, 0.1) is 34.0 Å². The van der Waals surface area contributed by atoms with Crippen LogP contribution in [-0.4, -0.2) is 42.8 Å². The van der Waals surface area contributed by atoms with Crippen molar-refractivity contribution in [2.24, 2.45) is 22.7 Å². The van der Waals surface area contributed by atoms with E-state index in [1.165, 1.54) is 0 Å². The normalized spacial score (nSPS) is 28.9. The van der Waals surface area contributed by atoms with Gasteiger partial charge < -0.3 is 9.69 Å². The second-order valence-corrected chi connectivity index (χ2v) is 8.42. The molecule has 0 saturated carbocycles. The van der Waals surface area contributed by atoms with Crippen molar-refractivity contribution in [2.45, 2.75) is 40.5 Å². The minimum absolute atomic E-state index is 0.0379. The van der Waals surface area contributed by atoms with E-state index in [2.05, 4.69) is 38.0 Å². The standard InChI is InChI=1S/C17H30N2OS/c1-14(11-18)10-17(4)12-19(8-9-21-5)7-6-15(17)16(2,3)13-20/h13-15H,6-10,12H2,1-5H3/t14?,15?,17-/m0/s1. The van der Waals surface area contributed by atoms with E-state index in [0.717, 1.165) is 44.5 Å². The van der Waals surface area contributed by atoms with E-state index < -0.39 is 0 Å². The molecule has 1 rings (SSSR count). The van der Waals surface area contributed by atoms with Crippen molar-refractivity contribution >= 4 is 18.0 Å². The van der Waals surface area contributed by atoms with Crippen LogP contribution in [0.3, 0.4) is 0 Å². The summed E-state index contributed by atoms with van der Waals surface area (Å²) in [5.41, 5.74) is -0.272. The fourth-order valence-electron chi connectivity index (χ4n) is 4.08. The van der Waals surface area contributed by atoms with Crippen molar-refractivity contribution in [3.05, 3.63) is 0 Å². The Morgan fingerprint density at radius 3 is 2.76 bits per heavy atom. The van der Waals surface area contributed by atoms with Crippen LogP contribution < -0.4 is 0 Å². The highest BCUT2D eigenvalue weighted by Crippen LogP contribution is 2.48. The van der Waals surface area contributed by atoms with Crippen molar-refractivity contribution < 1.29 is 4.79 Å². The van der Waals surface area contributed by atoms with Gasteiger partial charge in [0.15, 0.2) is 0 Å². The molecule has 0 radical (unpaired) electrons. The lowest BCUT2D eigenvalue weighted by Crippen LogP contribution is -2.53. The van der Waals surface area contributed by atoms with Crippen LogP contribution in [-0.2, 0) is 4.79 Å². The first-order chi connectivity index (χ1) is 9.79. The topological polar surface area (TPSA) is 44.1 Å². The van der Waals surface area contributed by atoms with Gasteiger partial charge in [-0.1, -0.05) is 20.8 Å². The zero-order valence-corrected chi connectivity index (χ0v) is 15.0. The fourth-order valence-corrected chi connectivity index (χ4v) is 4.52. The van der Waals surface area contributed by atoms with Crippen LogP contribution in [0.15, 0.2) is 0 Å². The molecule has 3 nitrogen and oxygen atoms in total. The Kier molecular flexibility index (Phi) is 6.74. The molecule has 0 aliphatic carbocycles. The van der Waals surface area contributed by atoms with Crippen molar-refractivity contribution in [1.82, 2.24) is 4.90 Å². The van der Waals surface area contributed by atoms with Crippen LogP contribution in [0.5, 0.6) is 0 Å². The van der Waals surface area contributed by atoms with Gasteiger partial charge in [-0.05, 0) is 43.9 Å². The first-order valence-corrected chi connectivity index (χ1v) is 9.25. The SMILES string of the molecule is CSCCN1CCC(C(C)(C)C=O)[C@@](C)(CC(C)C#N)C1. The number of hydrogen-bond donors (Lipinski definition) is 0. The summed E-state index contributed by atoms with van der Waals surface area (Å²) in [5.74, 6) is 1.54. The molecule has 21 heavy (non-hydrogen) atoms. The van der Waals surface area contributed by atoms with Crippen LogP contribution in [0.25, 0.3) is 0 Å². The predicted octanol–water partition coefficient (Wildman–Crippen LogP) is 3.45. The smallest absolute Gasteiger partial charge is 0.125 e. The lowest BCUT2D eigenvalue weighted by atomic mass is 9.59. The summed E-state index contributed by atoms with van der Waals surface area (Å²) in [6.07, 6.45) is 5.18. The summed E-state index contributed by atoms with van der Waals surface area (Å²) in [6.45, 7) is 11.6. The molecule has 0 bridgehead atoms. The number of carbonyl (C=O) groups excluding carboxylic acids is 1. The maximum Gasteiger partial charge on any atom is 0.125 e. The average molecular weight is 311 g/mol. The van der Waals surface area contributed by atoms with E-state index in [1.807, 2.05) is 18.7 Å². The minimum Gasteiger partial charge on any atom is -0.303 e. The average Bonchev–Trinajstić information content (AvgIpc) is 2.44. The highest BCUT2D eigenvalue weighted by atomic mass is 32.2. The zero-order valence-electron chi connectivity index (χ0n) is 14.2. The monoisotopic (exact) mass is 310 g/mol. The molecule has 0 amide bonds. The van der Waals surface area contributed by atoms with Gasteiger partial charge in [0.25, 0.3) is 0 Å². The summed E-state index contributed by atoms with van der Waals surface area (Å²) >= 11 is 1.87. The highest BCUT2D eigenvalue weighted by molar-refractivity contribution is 7.98. The Morgan fingerprint density at radius 2 is 2.24 bits per heavy atom. The van der Waals surface area contributed by atoms with Gasteiger partial charge in [0.1, 0.15) is 6.29 Å². The Hall–Kier alpha value is -0.530. The zero-order chi connectivity index (χ0) is 16.1. The second-order valence-electron chi connectivity index (χ2n) is 7.44. The highest BCUT2D eigenvalue weighted by Gasteiger charge is 2.47. The Balaban J connectivity index is 2.93. The first kappa shape index (κ1) is 18.5. The van der Waals surface area contributed by atoms with E-state index in [-0.39, 0.29) is 16.7 Å². The van der Waals surface area contributed by atoms with Crippen molar-refractivity contribution in [3.63, 3.8) is 0 Å². The third-order valence-corrected chi connectivity index (χ3v) is 5.56. The number of nitriles is 1. The van der Waals surface area contributed by atoms with E-state index in [0.29, 0.717) is 5.92 Å². The number of thioether (sulfide) groups is 1. The molecule has 0 aromatic rings. The third-order valence-electron chi connectivity index (χ3n) is 4.97. The van der Waals surface area contributed by atoms with Crippen LogP contribution in [0.1, 0.15) is 40.5 Å². The fraction of sp³-hybridized carbons (Fsp3) is 0.882. The molecular formula is C17H30N2OS. The second kappa shape index (κ2) is 7.65. The molecule has 1 aliphatic heterocycles. The van der Waals surface area contributed by atoms with Gasteiger partial charge >= 0.3 is 0 Å². The van der Waals surface area contributed by atoms with Gasteiger partial charge in [-0.25, -0.2) is 0 Å². The molecule has 3 atom stereocenters. The molecule has 0 aromatic heterocycles. The first-order valence-electron chi connectivity index (χ1n) is 7.86. The van der Waals surface area contributed by atoms with Crippen molar-refractivity contribution in [1.29, 1.82) is 5.26 Å². The maximum atomic E-state index is 11.5. The minimum atomic E-state index is -0.310. The van der Waals surface area contributed by atoms with Gasteiger partial charge in [0.05, 0.1) is 6.07 Å². The van der Waals surface area contributed by atoms with Gasteiger partial charge in [-0.2, -0.15) is 17.0 Å². The van der Waals surface area contributed by atoms with E-state index >= 15 is 0 Å². The van der Waals surface area contributed by atoms with Gasteiger partial charge in [0, 0.05) is 30.2 Å². The lowest BCUT2D eigenvalue weighted by molar-refractivity contribution is -0.123. The lowest BCUT2D eigenvalue weighted by Gasteiger charge is -2.51. The largest absolute Gasteiger partial charge is 0.303 e. The molecule has 1 heterocycles. The molecule has 120 valence electrons. The third kappa shape index (κ3) is 4.72. The molecule has 0 aromatic carbocycles. The van der Waals surface area contributed by atoms with Crippen molar-refractivity contribution in [2.75, 3.05) is 31.6 Å². The summed E-state index contributed by atoms with van der Waals surface area (Å²) < 4.78 is 0. The van der Waals surface area contributed by atoms with Crippen LogP contribution in [0.4, 0.5) is 0 Å². The van der Waals surface area contributed by atoms with Gasteiger partial charge in [0.2, 0.25) is 0 Å². The van der Waals surface area contributed by atoms with Crippen molar-refractivity contribution in [3.8, 4) is 6.07 Å². The number of rotatable bonds is 7. The molecule has 1 fully saturated rings. The number of piperidine rings is 1. The predicted molar refractivity (Wildman–Crippen MR) is 90.3 cm³/mol. The van der Waals surface area contributed by atoms with E-state index in [4.69, 9.17) is 0 Å². The quantitative estimate of drug-likeness (QED) is 0.676. The number of carbonyl (C=O) groups is 1.